The Kier molecular flexibility index (Phi) is 2.30. The molecule has 0 atom stereocenters. The quantitative estimate of drug-likeness (QED) is 0.602. The van der Waals surface area contributed by atoms with E-state index in [9.17, 15) is 4.79 Å². The van der Waals surface area contributed by atoms with Crippen LogP contribution in [0.15, 0.2) is 51.7 Å². The highest BCUT2D eigenvalue weighted by Crippen LogP contribution is 2.24. The van der Waals surface area contributed by atoms with Gasteiger partial charge >= 0.3 is 5.76 Å². The number of nitrogens with one attached hydrogen (secondary N) is 2. The minimum Gasteiger partial charge on any atom is -0.408 e. The van der Waals surface area contributed by atoms with Gasteiger partial charge in [0.25, 0.3) is 0 Å². The maximum atomic E-state index is 11.0. The van der Waals surface area contributed by atoms with Gasteiger partial charge in [-0.05, 0) is 30.3 Å². The summed E-state index contributed by atoms with van der Waals surface area (Å²) in [5.74, 6) is -0.457. The zero-order valence-electron chi connectivity index (χ0n) is 9.44. The third-order valence-electron chi connectivity index (χ3n) is 2.66. The first kappa shape index (κ1) is 10.5. The van der Waals surface area contributed by atoms with Crippen LogP contribution in [0.25, 0.3) is 11.1 Å². The van der Waals surface area contributed by atoms with Gasteiger partial charge in [-0.1, -0.05) is 12.1 Å². The number of H-pyrrole nitrogens is 1. The molecule has 0 spiro atoms. The van der Waals surface area contributed by atoms with Crippen molar-refractivity contribution in [1.29, 1.82) is 0 Å². The smallest absolute Gasteiger partial charge is 0.408 e. The summed E-state index contributed by atoms with van der Waals surface area (Å²) in [5, 5.41) is 3.18. The molecule has 1 aromatic heterocycles. The molecule has 5 nitrogen and oxygen atoms in total. The van der Waals surface area contributed by atoms with Gasteiger partial charge in [0, 0.05) is 5.69 Å². The van der Waals surface area contributed by atoms with E-state index in [1.165, 1.54) is 0 Å². The molecule has 0 fully saturated rings. The maximum Gasteiger partial charge on any atom is 0.417 e. The minimum atomic E-state index is -0.457. The summed E-state index contributed by atoms with van der Waals surface area (Å²) in [6, 6.07) is 12.8. The average Bonchev–Trinajstić information content (AvgIpc) is 2.71. The molecule has 0 bridgehead atoms. The molecule has 0 aliphatic carbocycles. The van der Waals surface area contributed by atoms with Gasteiger partial charge in [0.1, 0.15) is 0 Å². The summed E-state index contributed by atoms with van der Waals surface area (Å²) in [7, 11) is 0. The average molecular weight is 241 g/mol. The Balaban J connectivity index is 2.00. The molecular weight excluding hydrogens is 230 g/mol. The van der Waals surface area contributed by atoms with Crippen molar-refractivity contribution in [3.63, 3.8) is 0 Å². The zero-order valence-corrected chi connectivity index (χ0v) is 9.44. The van der Waals surface area contributed by atoms with Gasteiger partial charge in [0.2, 0.25) is 0 Å². The second-order valence-corrected chi connectivity index (χ2v) is 3.94. The van der Waals surface area contributed by atoms with Gasteiger partial charge in [0.15, 0.2) is 5.58 Å². The SMILES string of the molecule is Nc1ccccc1Nc1ccc2oc(=O)[nH]c2c1. The molecule has 4 N–H and O–H groups in total. The summed E-state index contributed by atoms with van der Waals surface area (Å²) in [6.07, 6.45) is 0. The lowest BCUT2D eigenvalue weighted by Gasteiger charge is -2.08. The van der Waals surface area contributed by atoms with Crippen molar-refractivity contribution in [2.75, 3.05) is 11.1 Å². The predicted octanol–water partition coefficient (Wildman–Crippen LogP) is 2.45. The molecule has 0 saturated heterocycles. The summed E-state index contributed by atoms with van der Waals surface area (Å²) in [4.78, 5) is 13.7. The molecule has 2 aromatic carbocycles. The number of hydrogen-bond acceptors (Lipinski definition) is 4. The number of anilines is 3. The van der Waals surface area contributed by atoms with Crippen molar-refractivity contribution < 1.29 is 4.42 Å². The molecule has 0 aliphatic rings. The van der Waals surface area contributed by atoms with Crippen LogP contribution in [0.3, 0.4) is 0 Å². The number of aromatic nitrogens is 1. The van der Waals surface area contributed by atoms with Gasteiger partial charge in [0.05, 0.1) is 16.9 Å². The van der Waals surface area contributed by atoms with E-state index in [4.69, 9.17) is 10.2 Å². The first-order valence-electron chi connectivity index (χ1n) is 5.47. The van der Waals surface area contributed by atoms with Crippen molar-refractivity contribution in [3.05, 3.63) is 53.0 Å². The fraction of sp³-hybridized carbons (Fsp3) is 0. The van der Waals surface area contributed by atoms with E-state index in [0.717, 1.165) is 11.4 Å². The summed E-state index contributed by atoms with van der Waals surface area (Å²) >= 11 is 0. The number of para-hydroxylation sites is 2. The van der Waals surface area contributed by atoms with E-state index in [1.807, 2.05) is 30.3 Å². The Morgan fingerprint density at radius 2 is 2.00 bits per heavy atom. The Bertz CT molecular complexity index is 758. The van der Waals surface area contributed by atoms with Crippen LogP contribution in [-0.4, -0.2) is 4.98 Å². The largest absolute Gasteiger partial charge is 0.417 e. The topological polar surface area (TPSA) is 84.0 Å². The Morgan fingerprint density at radius 3 is 2.83 bits per heavy atom. The molecule has 90 valence electrons. The van der Waals surface area contributed by atoms with E-state index in [-0.39, 0.29) is 0 Å². The molecule has 0 aliphatic heterocycles. The lowest BCUT2D eigenvalue weighted by Crippen LogP contribution is -1.95. The van der Waals surface area contributed by atoms with E-state index in [1.54, 1.807) is 12.1 Å². The highest BCUT2D eigenvalue weighted by molar-refractivity contribution is 5.80. The van der Waals surface area contributed by atoms with Gasteiger partial charge in [-0.25, -0.2) is 4.79 Å². The second-order valence-electron chi connectivity index (χ2n) is 3.94. The summed E-state index contributed by atoms with van der Waals surface area (Å²) < 4.78 is 4.93. The van der Waals surface area contributed by atoms with Crippen LogP contribution in [0.1, 0.15) is 0 Å². The number of oxazole rings is 1. The van der Waals surface area contributed by atoms with Crippen molar-refractivity contribution in [2.45, 2.75) is 0 Å². The molecule has 1 heterocycles. The Morgan fingerprint density at radius 1 is 1.17 bits per heavy atom. The molecule has 5 heteroatoms. The lowest BCUT2D eigenvalue weighted by atomic mass is 10.2. The highest BCUT2D eigenvalue weighted by atomic mass is 16.4. The molecule has 3 rings (SSSR count). The number of rotatable bonds is 2. The van der Waals surface area contributed by atoms with Crippen molar-refractivity contribution in [2.24, 2.45) is 0 Å². The standard InChI is InChI=1S/C13H11N3O2/c14-9-3-1-2-4-10(9)15-8-5-6-12-11(7-8)16-13(17)18-12/h1-7,15H,14H2,(H,16,17). The van der Waals surface area contributed by atoms with Crippen molar-refractivity contribution in [1.82, 2.24) is 4.98 Å². The molecule has 3 aromatic rings. The molecule has 0 saturated carbocycles. The molecule has 0 unspecified atom stereocenters. The third-order valence-corrected chi connectivity index (χ3v) is 2.66. The van der Waals surface area contributed by atoms with E-state index in [2.05, 4.69) is 10.3 Å². The van der Waals surface area contributed by atoms with Crippen LogP contribution in [0.4, 0.5) is 17.1 Å². The van der Waals surface area contributed by atoms with Gasteiger partial charge < -0.3 is 15.5 Å². The fourth-order valence-electron chi connectivity index (χ4n) is 1.80. The summed E-state index contributed by atoms with van der Waals surface area (Å²) in [6.45, 7) is 0. The molecular formula is C13H11N3O2. The van der Waals surface area contributed by atoms with E-state index < -0.39 is 5.76 Å². The van der Waals surface area contributed by atoms with Crippen molar-refractivity contribution in [3.8, 4) is 0 Å². The number of aromatic amines is 1. The molecule has 0 radical (unpaired) electrons. The fourth-order valence-corrected chi connectivity index (χ4v) is 1.80. The van der Waals surface area contributed by atoms with Gasteiger partial charge in [-0.2, -0.15) is 0 Å². The third kappa shape index (κ3) is 1.82. The summed E-state index contributed by atoms with van der Waals surface area (Å²) in [5.41, 5.74) is 9.35. The number of nitrogens with two attached hydrogens (primary N) is 1. The zero-order chi connectivity index (χ0) is 12.5. The number of benzene rings is 2. The highest BCUT2D eigenvalue weighted by Gasteiger charge is 2.03. The number of hydrogen-bond donors (Lipinski definition) is 3. The molecule has 18 heavy (non-hydrogen) atoms. The minimum absolute atomic E-state index is 0.457. The van der Waals surface area contributed by atoms with Crippen LogP contribution in [0.2, 0.25) is 0 Å². The van der Waals surface area contributed by atoms with Gasteiger partial charge in [-0.3, -0.25) is 4.98 Å². The monoisotopic (exact) mass is 241 g/mol. The van der Waals surface area contributed by atoms with Crippen LogP contribution < -0.4 is 16.8 Å². The Labute approximate surface area is 102 Å². The Hall–Kier alpha value is -2.69. The number of fused-ring (bicyclic) bond motifs is 1. The number of nitrogen functional groups attached to an aromatic ring is 1. The van der Waals surface area contributed by atoms with Crippen molar-refractivity contribution >= 4 is 28.2 Å². The van der Waals surface area contributed by atoms with Crippen LogP contribution >= 0.6 is 0 Å². The van der Waals surface area contributed by atoms with Crippen LogP contribution in [-0.2, 0) is 0 Å². The van der Waals surface area contributed by atoms with E-state index in [0.29, 0.717) is 16.8 Å². The van der Waals surface area contributed by atoms with Crippen LogP contribution in [0.5, 0.6) is 0 Å². The second kappa shape index (κ2) is 3.96. The lowest BCUT2D eigenvalue weighted by molar-refractivity contribution is 0.555. The van der Waals surface area contributed by atoms with Gasteiger partial charge in [-0.15, -0.1) is 0 Å². The molecule has 0 amide bonds. The predicted molar refractivity (Wildman–Crippen MR) is 71.0 cm³/mol. The van der Waals surface area contributed by atoms with E-state index >= 15 is 0 Å². The van der Waals surface area contributed by atoms with Crippen LogP contribution in [0, 0.1) is 0 Å². The first-order valence-corrected chi connectivity index (χ1v) is 5.47. The maximum absolute atomic E-state index is 11.0. The normalized spacial score (nSPS) is 10.7. The first-order chi connectivity index (χ1) is 8.72.